The molecule has 3 aromatic rings. The van der Waals surface area contributed by atoms with Crippen molar-refractivity contribution in [2.24, 2.45) is 11.8 Å². The summed E-state index contributed by atoms with van der Waals surface area (Å²) in [6, 6.07) is 7.32. The molecule has 194 valence electrons. The summed E-state index contributed by atoms with van der Waals surface area (Å²) in [5.74, 6) is 0.568. The Labute approximate surface area is 216 Å². The first kappa shape index (κ1) is 26.5. The number of aliphatic carboxylic acids is 1. The molecule has 1 aliphatic rings. The van der Waals surface area contributed by atoms with Crippen LogP contribution in [0.15, 0.2) is 42.0 Å². The third kappa shape index (κ3) is 7.23. The predicted octanol–water partition coefficient (Wildman–Crippen LogP) is 6.32. The van der Waals surface area contributed by atoms with Crippen molar-refractivity contribution >= 4 is 28.2 Å². The number of carbonyl (C=O) groups is 1. The number of benzene rings is 1. The highest BCUT2D eigenvalue weighted by Gasteiger charge is 2.30. The standard InChI is InChI=1S/C28H36FN3O3S/c1-35-22-7-9-26-24(18-22)23(11-13-30-26)25(29)8-5-20-12-16-32(19-21(20)6-10-28(33)34)15-3-2-4-27-31-14-17-36-27/h7,9,11,13-14,17-18,20-21,25H,2-6,8,10,12,15-16,19H2,1H3,(H,33,34)/t20?,21?,25-/m0/s1. The average molecular weight is 514 g/mol. The van der Waals surface area contributed by atoms with E-state index in [1.54, 1.807) is 30.7 Å². The van der Waals surface area contributed by atoms with Crippen LogP contribution in [0.4, 0.5) is 4.39 Å². The lowest BCUT2D eigenvalue weighted by molar-refractivity contribution is -0.137. The Kier molecular flexibility index (Phi) is 9.64. The van der Waals surface area contributed by atoms with Gasteiger partial charge in [-0.25, -0.2) is 9.37 Å². The summed E-state index contributed by atoms with van der Waals surface area (Å²) in [5.41, 5.74) is 1.41. The van der Waals surface area contributed by atoms with Gasteiger partial charge in [0.15, 0.2) is 0 Å². The number of unbranched alkanes of at least 4 members (excludes halogenated alkanes) is 1. The smallest absolute Gasteiger partial charge is 0.303 e. The molecule has 1 aliphatic heterocycles. The first-order valence-electron chi connectivity index (χ1n) is 12.9. The van der Waals surface area contributed by atoms with Crippen molar-refractivity contribution < 1.29 is 19.0 Å². The van der Waals surface area contributed by atoms with Crippen LogP contribution in [0.5, 0.6) is 5.75 Å². The van der Waals surface area contributed by atoms with Gasteiger partial charge in [-0.05, 0) is 99.7 Å². The number of hydrogen-bond acceptors (Lipinski definition) is 6. The van der Waals surface area contributed by atoms with Gasteiger partial charge in [0.2, 0.25) is 0 Å². The third-order valence-electron chi connectivity index (χ3n) is 7.41. The molecule has 2 unspecified atom stereocenters. The number of carboxylic acids is 1. The Morgan fingerprint density at radius 2 is 2.11 bits per heavy atom. The van der Waals surface area contributed by atoms with Crippen LogP contribution < -0.4 is 4.74 Å². The zero-order chi connectivity index (χ0) is 25.3. The number of methoxy groups -OCH3 is 1. The number of halogens is 1. The molecule has 1 N–H and O–H groups in total. The first-order chi connectivity index (χ1) is 17.5. The van der Waals surface area contributed by atoms with Crippen LogP contribution in [0.1, 0.15) is 61.7 Å². The molecule has 36 heavy (non-hydrogen) atoms. The van der Waals surface area contributed by atoms with E-state index < -0.39 is 12.1 Å². The number of fused-ring (bicyclic) bond motifs is 1. The van der Waals surface area contributed by atoms with Crippen molar-refractivity contribution in [3.8, 4) is 5.75 Å². The van der Waals surface area contributed by atoms with E-state index in [-0.39, 0.29) is 12.3 Å². The second kappa shape index (κ2) is 13.1. The van der Waals surface area contributed by atoms with E-state index in [1.165, 1.54) is 5.01 Å². The Hall–Kier alpha value is -2.58. The maximum Gasteiger partial charge on any atom is 0.303 e. The fourth-order valence-electron chi connectivity index (χ4n) is 5.43. The van der Waals surface area contributed by atoms with Gasteiger partial charge in [0.25, 0.3) is 0 Å². The second-order valence-corrected chi connectivity index (χ2v) is 10.7. The number of rotatable bonds is 13. The quantitative estimate of drug-likeness (QED) is 0.270. The molecule has 3 heterocycles. The molecule has 0 aliphatic carbocycles. The molecule has 8 heteroatoms. The van der Waals surface area contributed by atoms with Gasteiger partial charge in [0.05, 0.1) is 17.6 Å². The Morgan fingerprint density at radius 3 is 2.89 bits per heavy atom. The zero-order valence-corrected chi connectivity index (χ0v) is 21.8. The maximum absolute atomic E-state index is 15.5. The number of piperidine rings is 1. The maximum atomic E-state index is 15.5. The summed E-state index contributed by atoms with van der Waals surface area (Å²) in [4.78, 5) is 22.5. The van der Waals surface area contributed by atoms with Crippen molar-refractivity contribution in [3.63, 3.8) is 0 Å². The van der Waals surface area contributed by atoms with Crippen molar-refractivity contribution in [1.82, 2.24) is 14.9 Å². The number of pyridine rings is 1. The summed E-state index contributed by atoms with van der Waals surface area (Å²) in [6.45, 7) is 2.93. The molecule has 0 radical (unpaired) electrons. The van der Waals surface area contributed by atoms with Crippen LogP contribution in [-0.4, -0.2) is 52.7 Å². The monoisotopic (exact) mass is 513 g/mol. The number of nitrogens with zero attached hydrogens (tertiary/aromatic N) is 3. The molecule has 0 bridgehead atoms. The van der Waals surface area contributed by atoms with E-state index in [4.69, 9.17) is 4.74 Å². The van der Waals surface area contributed by atoms with Crippen molar-refractivity contribution in [2.75, 3.05) is 26.7 Å². The Balaban J connectivity index is 1.33. The van der Waals surface area contributed by atoms with Crippen LogP contribution >= 0.6 is 11.3 Å². The van der Waals surface area contributed by atoms with Gasteiger partial charge in [-0.15, -0.1) is 11.3 Å². The molecule has 0 spiro atoms. The fourth-order valence-corrected chi connectivity index (χ4v) is 6.09. The van der Waals surface area contributed by atoms with Gasteiger partial charge >= 0.3 is 5.97 Å². The first-order valence-corrected chi connectivity index (χ1v) is 13.8. The lowest BCUT2D eigenvalue weighted by Crippen LogP contribution is -2.41. The van der Waals surface area contributed by atoms with Gasteiger partial charge in [-0.3, -0.25) is 9.78 Å². The summed E-state index contributed by atoms with van der Waals surface area (Å²) in [7, 11) is 1.61. The van der Waals surface area contributed by atoms with Gasteiger partial charge < -0.3 is 14.7 Å². The number of alkyl halides is 1. The number of hydrogen-bond donors (Lipinski definition) is 1. The molecule has 3 atom stereocenters. The van der Waals surface area contributed by atoms with Crippen LogP contribution in [0, 0.1) is 11.8 Å². The van der Waals surface area contributed by atoms with Crippen LogP contribution in [-0.2, 0) is 11.2 Å². The summed E-state index contributed by atoms with van der Waals surface area (Å²) >= 11 is 1.71. The molecule has 4 rings (SSSR count). The molecule has 2 aromatic heterocycles. The number of ether oxygens (including phenoxy) is 1. The minimum absolute atomic E-state index is 0.174. The van der Waals surface area contributed by atoms with E-state index in [0.29, 0.717) is 30.1 Å². The summed E-state index contributed by atoms with van der Waals surface area (Å²) < 4.78 is 20.8. The molecule has 6 nitrogen and oxygen atoms in total. The molecular formula is C28H36FN3O3S. The topological polar surface area (TPSA) is 75.5 Å². The van der Waals surface area contributed by atoms with E-state index in [0.717, 1.165) is 62.6 Å². The molecule has 0 saturated carbocycles. The highest BCUT2D eigenvalue weighted by Crippen LogP contribution is 2.36. The van der Waals surface area contributed by atoms with Crippen LogP contribution in [0.3, 0.4) is 0 Å². The highest BCUT2D eigenvalue weighted by molar-refractivity contribution is 7.09. The third-order valence-corrected chi connectivity index (χ3v) is 8.25. The summed E-state index contributed by atoms with van der Waals surface area (Å²) in [6.07, 6.45) is 8.69. The summed E-state index contributed by atoms with van der Waals surface area (Å²) in [5, 5.41) is 13.3. The Morgan fingerprint density at radius 1 is 1.22 bits per heavy atom. The van der Waals surface area contributed by atoms with Crippen molar-refractivity contribution in [2.45, 2.75) is 57.5 Å². The van der Waals surface area contributed by atoms with E-state index in [9.17, 15) is 9.90 Å². The SMILES string of the molecule is COc1ccc2nccc([C@@H](F)CCC3CCN(CCCCc4nccs4)CC3CCC(=O)O)c2c1. The van der Waals surface area contributed by atoms with E-state index >= 15 is 4.39 Å². The van der Waals surface area contributed by atoms with Crippen LogP contribution in [0.25, 0.3) is 10.9 Å². The lowest BCUT2D eigenvalue weighted by Gasteiger charge is -2.39. The number of likely N-dealkylation sites (tertiary alicyclic amines) is 1. The van der Waals surface area contributed by atoms with E-state index in [2.05, 4.69) is 14.9 Å². The van der Waals surface area contributed by atoms with Gasteiger partial charge in [-0.2, -0.15) is 0 Å². The van der Waals surface area contributed by atoms with Crippen LogP contribution in [0.2, 0.25) is 0 Å². The highest BCUT2D eigenvalue weighted by atomic mass is 32.1. The average Bonchev–Trinajstić information content (AvgIpc) is 3.42. The molecular weight excluding hydrogens is 477 g/mol. The van der Waals surface area contributed by atoms with Crippen molar-refractivity contribution in [1.29, 1.82) is 0 Å². The molecule has 0 amide bonds. The zero-order valence-electron chi connectivity index (χ0n) is 20.9. The predicted molar refractivity (Wildman–Crippen MR) is 141 cm³/mol. The van der Waals surface area contributed by atoms with Gasteiger partial charge in [0, 0.05) is 36.1 Å². The van der Waals surface area contributed by atoms with Crippen molar-refractivity contribution in [3.05, 3.63) is 52.6 Å². The number of aromatic nitrogens is 2. The number of aryl methyl sites for hydroxylation is 1. The minimum Gasteiger partial charge on any atom is -0.497 e. The largest absolute Gasteiger partial charge is 0.497 e. The number of thiazole rings is 1. The number of carboxylic acid groups (broad SMARTS) is 1. The Bertz CT molecular complexity index is 1110. The molecule has 1 fully saturated rings. The normalized spacial score (nSPS) is 19.4. The second-order valence-electron chi connectivity index (χ2n) is 9.75. The fraction of sp³-hybridized carbons (Fsp3) is 0.536. The van der Waals surface area contributed by atoms with Gasteiger partial charge in [0.1, 0.15) is 11.9 Å². The molecule has 1 saturated heterocycles. The van der Waals surface area contributed by atoms with E-state index in [1.807, 2.05) is 29.8 Å². The minimum atomic E-state index is -1.09. The lowest BCUT2D eigenvalue weighted by atomic mass is 9.79. The van der Waals surface area contributed by atoms with Gasteiger partial charge in [-0.1, -0.05) is 0 Å². The molecule has 1 aromatic carbocycles.